The molecule has 0 radical (unpaired) electrons. The van der Waals surface area contributed by atoms with Gasteiger partial charge in [0.15, 0.2) is 0 Å². The van der Waals surface area contributed by atoms with Crippen LogP contribution in [0.5, 0.6) is 0 Å². The zero-order chi connectivity index (χ0) is 11.3. The van der Waals surface area contributed by atoms with E-state index in [2.05, 4.69) is 11.4 Å². The Kier molecular flexibility index (Phi) is 4.72. The first-order valence-corrected chi connectivity index (χ1v) is 7.17. The monoisotopic (exact) mass is 249 g/mol. The minimum atomic E-state index is -3.83. The second kappa shape index (κ2) is 5.60. The molecule has 0 fully saturated rings. The molecule has 0 amide bonds. The molecule has 4 nitrogen and oxygen atoms in total. The van der Waals surface area contributed by atoms with Crippen molar-refractivity contribution in [2.75, 3.05) is 25.9 Å². The predicted molar refractivity (Wildman–Crippen MR) is 61.9 cm³/mol. The Labute approximate surface area is 94.3 Å². The fourth-order valence-electron chi connectivity index (χ4n) is 1.14. The normalized spacial score (nSPS) is 12.2. The van der Waals surface area contributed by atoms with Crippen LogP contribution in [-0.4, -0.2) is 43.8 Å². The van der Waals surface area contributed by atoms with Gasteiger partial charge in [-0.05, 0) is 35.9 Å². The van der Waals surface area contributed by atoms with E-state index in [1.165, 1.54) is 5.56 Å². The summed E-state index contributed by atoms with van der Waals surface area (Å²) in [6.45, 7) is 1.16. The number of hydrogen-bond acceptors (Lipinski definition) is 4. The molecule has 0 aromatic carbocycles. The fourth-order valence-corrected chi connectivity index (χ4v) is 2.38. The molecule has 1 aromatic rings. The predicted octanol–water partition coefficient (Wildman–Crippen LogP) is 1.11. The van der Waals surface area contributed by atoms with Crippen LogP contribution in [0.15, 0.2) is 16.8 Å². The molecule has 1 rings (SSSR count). The Morgan fingerprint density at radius 1 is 1.47 bits per heavy atom. The Morgan fingerprint density at radius 2 is 2.20 bits per heavy atom. The standard InChI is InChI=1S/C9H15NO3S2/c1-10(5-7-15(11,12)13)4-2-9-3-6-14-8-9/h3,6,8H,2,4-5,7H2,1H3,(H,11,12,13). The van der Waals surface area contributed by atoms with E-state index >= 15 is 0 Å². The van der Waals surface area contributed by atoms with Gasteiger partial charge in [0.2, 0.25) is 0 Å². The molecule has 0 bridgehead atoms. The second-order valence-electron chi connectivity index (χ2n) is 3.47. The van der Waals surface area contributed by atoms with Crippen molar-refractivity contribution in [1.82, 2.24) is 4.90 Å². The molecule has 15 heavy (non-hydrogen) atoms. The maximum Gasteiger partial charge on any atom is 0.266 e. The zero-order valence-electron chi connectivity index (χ0n) is 8.59. The number of hydrogen-bond donors (Lipinski definition) is 1. The van der Waals surface area contributed by atoms with E-state index in [0.717, 1.165) is 13.0 Å². The van der Waals surface area contributed by atoms with Crippen molar-refractivity contribution in [2.24, 2.45) is 0 Å². The molecule has 6 heteroatoms. The minimum Gasteiger partial charge on any atom is -0.305 e. The lowest BCUT2D eigenvalue weighted by atomic mass is 10.2. The topological polar surface area (TPSA) is 57.6 Å². The Balaban J connectivity index is 2.22. The third-order valence-corrected chi connectivity index (χ3v) is 3.52. The summed E-state index contributed by atoms with van der Waals surface area (Å²) in [6, 6.07) is 2.06. The average molecular weight is 249 g/mol. The highest BCUT2D eigenvalue weighted by molar-refractivity contribution is 7.85. The molecule has 0 aliphatic carbocycles. The lowest BCUT2D eigenvalue weighted by Gasteiger charge is -2.14. The number of rotatable bonds is 6. The van der Waals surface area contributed by atoms with Gasteiger partial charge in [0.1, 0.15) is 0 Å². The van der Waals surface area contributed by atoms with Crippen LogP contribution in [-0.2, 0) is 16.5 Å². The van der Waals surface area contributed by atoms with Gasteiger partial charge in [-0.15, -0.1) is 0 Å². The molecule has 0 atom stereocenters. The largest absolute Gasteiger partial charge is 0.305 e. The highest BCUT2D eigenvalue weighted by atomic mass is 32.2. The molecule has 0 aliphatic heterocycles. The van der Waals surface area contributed by atoms with Crippen molar-refractivity contribution >= 4 is 21.5 Å². The van der Waals surface area contributed by atoms with Gasteiger partial charge in [-0.25, -0.2) is 0 Å². The van der Waals surface area contributed by atoms with E-state index in [1.807, 2.05) is 17.3 Å². The first-order chi connectivity index (χ1) is 6.97. The average Bonchev–Trinajstić information content (AvgIpc) is 2.62. The van der Waals surface area contributed by atoms with Gasteiger partial charge in [0, 0.05) is 13.1 Å². The lowest BCUT2D eigenvalue weighted by molar-refractivity contribution is 0.353. The van der Waals surface area contributed by atoms with Gasteiger partial charge in [0.05, 0.1) is 5.75 Å². The van der Waals surface area contributed by atoms with Crippen molar-refractivity contribution < 1.29 is 13.0 Å². The van der Waals surface area contributed by atoms with Gasteiger partial charge in [-0.1, -0.05) is 0 Å². The molecular weight excluding hydrogens is 234 g/mol. The maximum absolute atomic E-state index is 10.5. The van der Waals surface area contributed by atoms with E-state index in [4.69, 9.17) is 4.55 Å². The van der Waals surface area contributed by atoms with E-state index in [0.29, 0.717) is 6.54 Å². The summed E-state index contributed by atoms with van der Waals surface area (Å²) >= 11 is 1.65. The summed E-state index contributed by atoms with van der Waals surface area (Å²) in [5.41, 5.74) is 1.26. The first-order valence-electron chi connectivity index (χ1n) is 4.62. The molecule has 86 valence electrons. The summed E-state index contributed by atoms with van der Waals surface area (Å²) in [5.74, 6) is -0.201. The third-order valence-electron chi connectivity index (χ3n) is 2.09. The van der Waals surface area contributed by atoms with Crippen LogP contribution >= 0.6 is 11.3 Å². The highest BCUT2D eigenvalue weighted by Gasteiger charge is 2.07. The number of thiophene rings is 1. The van der Waals surface area contributed by atoms with E-state index in [1.54, 1.807) is 11.3 Å². The van der Waals surface area contributed by atoms with Crippen LogP contribution in [0.2, 0.25) is 0 Å². The SMILES string of the molecule is CN(CCc1ccsc1)CCS(=O)(=O)O. The van der Waals surface area contributed by atoms with Crippen molar-refractivity contribution in [3.05, 3.63) is 22.4 Å². The Bertz CT molecular complexity index is 372. The number of nitrogens with zero attached hydrogens (tertiary/aromatic N) is 1. The molecule has 0 aliphatic rings. The van der Waals surface area contributed by atoms with Crippen molar-refractivity contribution in [1.29, 1.82) is 0 Å². The van der Waals surface area contributed by atoms with E-state index in [9.17, 15) is 8.42 Å². The molecule has 1 N–H and O–H groups in total. The Hall–Kier alpha value is -0.430. The lowest BCUT2D eigenvalue weighted by Crippen LogP contribution is -2.27. The van der Waals surface area contributed by atoms with Crippen molar-refractivity contribution in [3.63, 3.8) is 0 Å². The third kappa shape index (κ3) is 5.88. The van der Waals surface area contributed by atoms with E-state index in [-0.39, 0.29) is 5.75 Å². The van der Waals surface area contributed by atoms with Crippen LogP contribution in [0.4, 0.5) is 0 Å². The smallest absolute Gasteiger partial charge is 0.266 e. The van der Waals surface area contributed by atoms with E-state index < -0.39 is 10.1 Å². The quantitative estimate of drug-likeness (QED) is 0.767. The van der Waals surface area contributed by atoms with Crippen LogP contribution in [0.1, 0.15) is 5.56 Å². The highest BCUT2D eigenvalue weighted by Crippen LogP contribution is 2.06. The zero-order valence-corrected chi connectivity index (χ0v) is 10.2. The summed E-state index contributed by atoms with van der Waals surface area (Å²) in [4.78, 5) is 1.89. The van der Waals surface area contributed by atoms with Crippen LogP contribution in [0, 0.1) is 0 Å². The van der Waals surface area contributed by atoms with Gasteiger partial charge < -0.3 is 4.90 Å². The summed E-state index contributed by atoms with van der Waals surface area (Å²) in [6.07, 6.45) is 0.908. The molecule has 0 unspecified atom stereocenters. The summed E-state index contributed by atoms with van der Waals surface area (Å²) in [7, 11) is -1.99. The van der Waals surface area contributed by atoms with Crippen LogP contribution in [0.3, 0.4) is 0 Å². The van der Waals surface area contributed by atoms with Gasteiger partial charge in [0.25, 0.3) is 10.1 Å². The molecule has 1 aromatic heterocycles. The van der Waals surface area contributed by atoms with Crippen molar-refractivity contribution in [2.45, 2.75) is 6.42 Å². The van der Waals surface area contributed by atoms with Crippen LogP contribution < -0.4 is 0 Å². The van der Waals surface area contributed by atoms with Crippen molar-refractivity contribution in [3.8, 4) is 0 Å². The second-order valence-corrected chi connectivity index (χ2v) is 5.82. The maximum atomic E-state index is 10.5. The van der Waals surface area contributed by atoms with Gasteiger partial charge >= 0.3 is 0 Å². The Morgan fingerprint density at radius 3 is 2.73 bits per heavy atom. The molecule has 0 saturated carbocycles. The molecule has 1 heterocycles. The molecule has 0 spiro atoms. The molecular formula is C9H15NO3S2. The first kappa shape index (κ1) is 12.6. The summed E-state index contributed by atoms with van der Waals surface area (Å²) in [5, 5.41) is 4.10. The van der Waals surface area contributed by atoms with Gasteiger partial charge in [-0.3, -0.25) is 4.55 Å². The minimum absolute atomic E-state index is 0.201. The molecule has 0 saturated heterocycles. The summed E-state index contributed by atoms with van der Waals surface area (Å²) < 4.78 is 29.6. The fraction of sp³-hybridized carbons (Fsp3) is 0.556. The van der Waals surface area contributed by atoms with Gasteiger partial charge in [-0.2, -0.15) is 19.8 Å². The number of likely N-dealkylation sites (N-methyl/N-ethyl adjacent to an activating group) is 1. The van der Waals surface area contributed by atoms with Crippen LogP contribution in [0.25, 0.3) is 0 Å².